The highest BCUT2D eigenvalue weighted by Crippen LogP contribution is 2.17. The minimum Gasteiger partial charge on any atom is -0.357 e. The summed E-state index contributed by atoms with van der Waals surface area (Å²) in [7, 11) is 0. The molecule has 3 heterocycles. The van der Waals surface area contributed by atoms with Crippen molar-refractivity contribution in [3.8, 4) is 0 Å². The van der Waals surface area contributed by atoms with Crippen LogP contribution in [-0.4, -0.2) is 33.8 Å². The largest absolute Gasteiger partial charge is 0.357 e. The van der Waals surface area contributed by atoms with Crippen LogP contribution in [0, 0.1) is 0 Å². The smallest absolute Gasteiger partial charge is 0.244 e. The number of hydrogen-bond donors (Lipinski definition) is 1. The van der Waals surface area contributed by atoms with Crippen LogP contribution in [0.3, 0.4) is 0 Å². The lowest BCUT2D eigenvalue weighted by Gasteiger charge is -2.21. The van der Waals surface area contributed by atoms with Crippen LogP contribution in [0.5, 0.6) is 0 Å². The third-order valence-electron chi connectivity index (χ3n) is 4.51. The van der Waals surface area contributed by atoms with E-state index in [-0.39, 0.29) is 11.9 Å². The average molecular weight is 327 g/mol. The van der Waals surface area contributed by atoms with Crippen LogP contribution in [0.4, 0.5) is 5.82 Å². The molecule has 1 aliphatic rings. The third kappa shape index (κ3) is 4.13. The molecule has 2 aromatic rings. The molecule has 24 heavy (non-hydrogen) atoms. The lowest BCUT2D eigenvalue weighted by molar-refractivity contribution is -0.124. The second-order valence-electron chi connectivity index (χ2n) is 6.31. The Bertz CT molecular complexity index is 630. The monoisotopic (exact) mass is 327 g/mol. The summed E-state index contributed by atoms with van der Waals surface area (Å²) in [6, 6.07) is 5.61. The molecule has 1 N–H and O–H groups in total. The number of anilines is 1. The highest BCUT2D eigenvalue weighted by atomic mass is 16.2. The van der Waals surface area contributed by atoms with Gasteiger partial charge in [0.05, 0.1) is 0 Å². The zero-order valence-corrected chi connectivity index (χ0v) is 14.2. The predicted molar refractivity (Wildman–Crippen MR) is 93.7 cm³/mol. The Morgan fingerprint density at radius 3 is 2.67 bits per heavy atom. The lowest BCUT2D eigenvalue weighted by atomic mass is 10.2. The van der Waals surface area contributed by atoms with Gasteiger partial charge in [0.25, 0.3) is 0 Å². The zero-order valence-electron chi connectivity index (χ0n) is 14.2. The van der Waals surface area contributed by atoms with Crippen molar-refractivity contribution < 1.29 is 4.79 Å². The summed E-state index contributed by atoms with van der Waals surface area (Å²) in [4.78, 5) is 19.1. The van der Waals surface area contributed by atoms with Gasteiger partial charge in [-0.05, 0) is 37.5 Å². The topological polar surface area (TPSA) is 63.1 Å². The van der Waals surface area contributed by atoms with E-state index < -0.39 is 0 Å². The van der Waals surface area contributed by atoms with E-state index in [1.807, 2.05) is 25.3 Å². The normalized spacial score (nSPS) is 16.5. The SMILES string of the molecule is CC(C(=O)NCc1ccc(N2CCCCCC2)nc1)n1cccn1. The van der Waals surface area contributed by atoms with Gasteiger partial charge in [-0.1, -0.05) is 18.9 Å². The molecule has 6 nitrogen and oxygen atoms in total. The molecule has 0 aromatic carbocycles. The van der Waals surface area contributed by atoms with Crippen LogP contribution in [0.15, 0.2) is 36.8 Å². The summed E-state index contributed by atoms with van der Waals surface area (Å²) < 4.78 is 1.65. The minimum atomic E-state index is -0.315. The fourth-order valence-corrected chi connectivity index (χ4v) is 2.97. The van der Waals surface area contributed by atoms with Crippen molar-refractivity contribution >= 4 is 11.7 Å². The van der Waals surface area contributed by atoms with Crippen LogP contribution in [0.25, 0.3) is 0 Å². The van der Waals surface area contributed by atoms with E-state index in [1.54, 1.807) is 17.1 Å². The molecule has 1 unspecified atom stereocenters. The summed E-state index contributed by atoms with van der Waals surface area (Å²) in [6.07, 6.45) is 10.4. The van der Waals surface area contributed by atoms with Gasteiger partial charge < -0.3 is 10.2 Å². The molecule has 1 aliphatic heterocycles. The van der Waals surface area contributed by atoms with Gasteiger partial charge in [0, 0.05) is 38.2 Å². The maximum atomic E-state index is 12.2. The van der Waals surface area contributed by atoms with E-state index in [1.165, 1.54) is 25.7 Å². The second kappa shape index (κ2) is 7.95. The van der Waals surface area contributed by atoms with Crippen molar-refractivity contribution in [1.82, 2.24) is 20.1 Å². The van der Waals surface area contributed by atoms with Crippen molar-refractivity contribution in [3.05, 3.63) is 42.4 Å². The molecule has 0 aliphatic carbocycles. The molecule has 3 rings (SSSR count). The van der Waals surface area contributed by atoms with Crippen molar-refractivity contribution in [1.29, 1.82) is 0 Å². The molecule has 0 spiro atoms. The summed E-state index contributed by atoms with van der Waals surface area (Å²) in [5.41, 5.74) is 1.01. The van der Waals surface area contributed by atoms with Gasteiger partial charge in [-0.3, -0.25) is 9.48 Å². The second-order valence-corrected chi connectivity index (χ2v) is 6.31. The summed E-state index contributed by atoms with van der Waals surface area (Å²) in [6.45, 7) is 4.50. The predicted octanol–water partition coefficient (Wildman–Crippen LogP) is 2.54. The highest BCUT2D eigenvalue weighted by Gasteiger charge is 2.15. The van der Waals surface area contributed by atoms with E-state index in [2.05, 4.69) is 26.4 Å². The van der Waals surface area contributed by atoms with Crippen LogP contribution >= 0.6 is 0 Å². The Morgan fingerprint density at radius 1 is 1.25 bits per heavy atom. The molecule has 1 amide bonds. The average Bonchev–Trinajstić information content (AvgIpc) is 3.02. The van der Waals surface area contributed by atoms with Gasteiger partial charge >= 0.3 is 0 Å². The van der Waals surface area contributed by atoms with Gasteiger partial charge in [0.15, 0.2) is 0 Å². The maximum Gasteiger partial charge on any atom is 0.244 e. The van der Waals surface area contributed by atoms with Crippen molar-refractivity contribution in [2.45, 2.75) is 45.2 Å². The van der Waals surface area contributed by atoms with Crippen molar-refractivity contribution in [3.63, 3.8) is 0 Å². The molecule has 0 saturated carbocycles. The first kappa shape index (κ1) is 16.5. The Morgan fingerprint density at radius 2 is 2.04 bits per heavy atom. The zero-order chi connectivity index (χ0) is 16.8. The van der Waals surface area contributed by atoms with Gasteiger partial charge in [0.1, 0.15) is 11.9 Å². The Balaban J connectivity index is 1.53. The molecule has 1 fully saturated rings. The van der Waals surface area contributed by atoms with Crippen LogP contribution in [0.2, 0.25) is 0 Å². The molecular weight excluding hydrogens is 302 g/mol. The quantitative estimate of drug-likeness (QED) is 0.916. The van der Waals surface area contributed by atoms with Gasteiger partial charge in [-0.25, -0.2) is 4.98 Å². The van der Waals surface area contributed by atoms with Gasteiger partial charge in [0.2, 0.25) is 5.91 Å². The molecular formula is C18H25N5O. The summed E-state index contributed by atoms with van der Waals surface area (Å²) in [5, 5.41) is 7.04. The number of nitrogens with zero attached hydrogens (tertiary/aromatic N) is 4. The van der Waals surface area contributed by atoms with Crippen LogP contribution < -0.4 is 10.2 Å². The number of carbonyl (C=O) groups is 1. The number of rotatable bonds is 5. The van der Waals surface area contributed by atoms with Crippen molar-refractivity contribution in [2.24, 2.45) is 0 Å². The van der Waals surface area contributed by atoms with E-state index in [0.717, 1.165) is 24.5 Å². The van der Waals surface area contributed by atoms with Gasteiger partial charge in [-0.15, -0.1) is 0 Å². The van der Waals surface area contributed by atoms with E-state index in [4.69, 9.17) is 0 Å². The first-order valence-electron chi connectivity index (χ1n) is 8.71. The number of nitrogens with one attached hydrogen (secondary N) is 1. The fourth-order valence-electron chi connectivity index (χ4n) is 2.97. The Labute approximate surface area is 142 Å². The van der Waals surface area contributed by atoms with Crippen molar-refractivity contribution in [2.75, 3.05) is 18.0 Å². The molecule has 128 valence electrons. The maximum absolute atomic E-state index is 12.2. The van der Waals surface area contributed by atoms with E-state index in [9.17, 15) is 4.79 Å². The molecule has 0 bridgehead atoms. The van der Waals surface area contributed by atoms with Crippen LogP contribution in [-0.2, 0) is 11.3 Å². The molecule has 0 radical (unpaired) electrons. The first-order chi connectivity index (χ1) is 11.7. The fraction of sp³-hybridized carbons (Fsp3) is 0.500. The third-order valence-corrected chi connectivity index (χ3v) is 4.51. The Kier molecular flexibility index (Phi) is 5.46. The van der Waals surface area contributed by atoms with E-state index in [0.29, 0.717) is 6.54 Å². The summed E-state index contributed by atoms with van der Waals surface area (Å²) in [5.74, 6) is 0.993. The molecule has 1 atom stereocenters. The number of carbonyl (C=O) groups excluding carboxylic acids is 1. The lowest BCUT2D eigenvalue weighted by Crippen LogP contribution is -2.31. The van der Waals surface area contributed by atoms with Crippen LogP contribution in [0.1, 0.15) is 44.2 Å². The summed E-state index contributed by atoms with van der Waals surface area (Å²) >= 11 is 0. The van der Waals surface area contributed by atoms with E-state index >= 15 is 0 Å². The number of pyridine rings is 1. The molecule has 2 aromatic heterocycles. The number of hydrogen-bond acceptors (Lipinski definition) is 4. The number of amides is 1. The highest BCUT2D eigenvalue weighted by molar-refractivity contribution is 5.79. The van der Waals surface area contributed by atoms with Gasteiger partial charge in [-0.2, -0.15) is 5.10 Å². The number of aromatic nitrogens is 3. The minimum absolute atomic E-state index is 0.0460. The standard InChI is InChI=1S/C18H25N5O/c1-15(23-12-6-9-21-23)18(24)20-14-16-7-8-17(19-13-16)22-10-4-2-3-5-11-22/h6-9,12-13,15H,2-5,10-11,14H2,1H3,(H,20,24). The molecule has 6 heteroatoms. The first-order valence-corrected chi connectivity index (χ1v) is 8.71. The molecule has 1 saturated heterocycles. The Hall–Kier alpha value is -2.37.